The predicted octanol–water partition coefficient (Wildman–Crippen LogP) is 1.79. The Morgan fingerprint density at radius 3 is 2.53 bits per heavy atom. The van der Waals surface area contributed by atoms with Gasteiger partial charge in [-0.25, -0.2) is 13.1 Å². The molecule has 0 saturated carbocycles. The molecule has 4 nitrogen and oxygen atoms in total. The van der Waals surface area contributed by atoms with Crippen LogP contribution in [0.3, 0.4) is 0 Å². The summed E-state index contributed by atoms with van der Waals surface area (Å²) in [6.45, 7) is 6.55. The number of hydrogen-bond acceptors (Lipinski definition) is 4. The Morgan fingerprint density at radius 1 is 1.35 bits per heavy atom. The summed E-state index contributed by atoms with van der Waals surface area (Å²) in [7, 11) is -1.52. The Kier molecular flexibility index (Phi) is 5.12. The second-order valence-electron chi connectivity index (χ2n) is 4.46. The second kappa shape index (κ2) is 5.95. The van der Waals surface area contributed by atoms with Crippen LogP contribution in [0.25, 0.3) is 0 Å². The molecular formula is C11H20N2O2S2. The highest BCUT2D eigenvalue weighted by Crippen LogP contribution is 2.20. The Labute approximate surface area is 107 Å². The van der Waals surface area contributed by atoms with Gasteiger partial charge >= 0.3 is 0 Å². The van der Waals surface area contributed by atoms with Crippen LogP contribution >= 0.6 is 11.3 Å². The fourth-order valence-electron chi connectivity index (χ4n) is 1.23. The molecule has 1 unspecified atom stereocenters. The summed E-state index contributed by atoms with van der Waals surface area (Å²) < 4.78 is 27.2. The van der Waals surface area contributed by atoms with Crippen LogP contribution in [0.15, 0.2) is 15.7 Å². The molecule has 1 rings (SSSR count). The van der Waals surface area contributed by atoms with Crippen molar-refractivity contribution in [2.45, 2.75) is 37.6 Å². The maximum atomic E-state index is 12.0. The molecule has 0 spiro atoms. The molecule has 0 fully saturated rings. The highest BCUT2D eigenvalue weighted by molar-refractivity contribution is 7.91. The maximum absolute atomic E-state index is 12.0. The fourth-order valence-corrected chi connectivity index (χ4v) is 3.85. The van der Waals surface area contributed by atoms with Gasteiger partial charge in [0.25, 0.3) is 0 Å². The van der Waals surface area contributed by atoms with Gasteiger partial charge in [-0.05, 0) is 36.9 Å². The van der Waals surface area contributed by atoms with Crippen LogP contribution in [0.1, 0.15) is 26.3 Å². The van der Waals surface area contributed by atoms with E-state index in [9.17, 15) is 8.42 Å². The first-order chi connectivity index (χ1) is 7.86. The first-order valence-electron chi connectivity index (χ1n) is 5.61. The van der Waals surface area contributed by atoms with Crippen molar-refractivity contribution < 1.29 is 8.42 Å². The van der Waals surface area contributed by atoms with E-state index < -0.39 is 10.0 Å². The Morgan fingerprint density at radius 2 is 2.00 bits per heavy atom. The third kappa shape index (κ3) is 4.06. The third-order valence-electron chi connectivity index (χ3n) is 2.62. The largest absolute Gasteiger partial charge is 0.316 e. The zero-order valence-electron chi connectivity index (χ0n) is 10.6. The molecule has 0 saturated heterocycles. The summed E-state index contributed by atoms with van der Waals surface area (Å²) in [5, 5.41) is 4.87. The van der Waals surface area contributed by atoms with Crippen LogP contribution in [0.4, 0.5) is 0 Å². The molecule has 0 aromatic carbocycles. The molecule has 0 amide bonds. The minimum Gasteiger partial charge on any atom is -0.316 e. The molecule has 1 atom stereocenters. The molecule has 1 aromatic heterocycles. The van der Waals surface area contributed by atoms with Gasteiger partial charge in [-0.3, -0.25) is 0 Å². The van der Waals surface area contributed by atoms with Gasteiger partial charge in [0, 0.05) is 12.6 Å². The SMILES string of the molecule is CNCc1csc(S(=O)(=O)NC(C)C(C)C)c1. The molecule has 2 N–H and O–H groups in total. The van der Waals surface area contributed by atoms with Crippen LogP contribution in [0.2, 0.25) is 0 Å². The first-order valence-corrected chi connectivity index (χ1v) is 7.97. The van der Waals surface area contributed by atoms with E-state index in [2.05, 4.69) is 10.0 Å². The van der Waals surface area contributed by atoms with E-state index in [1.165, 1.54) is 11.3 Å². The number of hydrogen-bond donors (Lipinski definition) is 2. The van der Waals surface area contributed by atoms with E-state index >= 15 is 0 Å². The summed E-state index contributed by atoms with van der Waals surface area (Å²) in [5.74, 6) is 0.279. The first kappa shape index (κ1) is 14.6. The molecule has 17 heavy (non-hydrogen) atoms. The second-order valence-corrected chi connectivity index (χ2v) is 7.31. The Balaban J connectivity index is 2.82. The number of sulfonamides is 1. The number of nitrogens with one attached hydrogen (secondary N) is 2. The van der Waals surface area contributed by atoms with Crippen LogP contribution in [0, 0.1) is 5.92 Å². The lowest BCUT2D eigenvalue weighted by Crippen LogP contribution is -2.35. The molecule has 0 aliphatic carbocycles. The van der Waals surface area contributed by atoms with Crippen molar-refractivity contribution in [3.05, 3.63) is 17.0 Å². The normalized spacial score (nSPS) is 14.2. The van der Waals surface area contributed by atoms with E-state index in [-0.39, 0.29) is 12.0 Å². The van der Waals surface area contributed by atoms with E-state index in [0.29, 0.717) is 10.8 Å². The minimum absolute atomic E-state index is 0.0603. The molecule has 0 aliphatic rings. The summed E-state index contributed by atoms with van der Waals surface area (Å²) in [5.41, 5.74) is 0.995. The smallest absolute Gasteiger partial charge is 0.250 e. The van der Waals surface area contributed by atoms with Crippen LogP contribution in [-0.4, -0.2) is 21.5 Å². The predicted molar refractivity (Wildman–Crippen MR) is 71.7 cm³/mol. The minimum atomic E-state index is -3.36. The van der Waals surface area contributed by atoms with Gasteiger partial charge in [-0.1, -0.05) is 13.8 Å². The van der Waals surface area contributed by atoms with Gasteiger partial charge < -0.3 is 5.32 Å². The number of rotatable bonds is 6. The van der Waals surface area contributed by atoms with E-state index in [4.69, 9.17) is 0 Å². The lowest BCUT2D eigenvalue weighted by Gasteiger charge is -2.16. The Hall–Kier alpha value is -0.430. The van der Waals surface area contributed by atoms with Crippen molar-refractivity contribution in [2.24, 2.45) is 5.92 Å². The molecule has 6 heteroatoms. The van der Waals surface area contributed by atoms with Crippen molar-refractivity contribution in [1.82, 2.24) is 10.0 Å². The van der Waals surface area contributed by atoms with Gasteiger partial charge in [0.15, 0.2) is 0 Å². The average molecular weight is 276 g/mol. The van der Waals surface area contributed by atoms with Crippen molar-refractivity contribution in [2.75, 3.05) is 7.05 Å². The molecule has 1 heterocycles. The molecule has 0 radical (unpaired) electrons. The fraction of sp³-hybridized carbons (Fsp3) is 0.636. The van der Waals surface area contributed by atoms with Crippen molar-refractivity contribution in [3.8, 4) is 0 Å². The van der Waals surface area contributed by atoms with Gasteiger partial charge in [-0.15, -0.1) is 11.3 Å². The molecule has 98 valence electrons. The highest BCUT2D eigenvalue weighted by Gasteiger charge is 2.20. The van der Waals surface area contributed by atoms with Crippen molar-refractivity contribution in [1.29, 1.82) is 0 Å². The van der Waals surface area contributed by atoms with Crippen LogP contribution in [0.5, 0.6) is 0 Å². The molecule has 0 bridgehead atoms. The van der Waals surface area contributed by atoms with Gasteiger partial charge in [0.05, 0.1) is 0 Å². The maximum Gasteiger partial charge on any atom is 0.250 e. The van der Waals surface area contributed by atoms with Crippen molar-refractivity contribution in [3.63, 3.8) is 0 Å². The van der Waals surface area contributed by atoms with Crippen LogP contribution in [-0.2, 0) is 16.6 Å². The summed E-state index contributed by atoms with van der Waals surface area (Å²) >= 11 is 1.26. The molecular weight excluding hydrogens is 256 g/mol. The molecule has 0 aliphatic heterocycles. The molecule has 1 aromatic rings. The monoisotopic (exact) mass is 276 g/mol. The van der Waals surface area contributed by atoms with Crippen molar-refractivity contribution >= 4 is 21.4 Å². The summed E-state index contributed by atoms with van der Waals surface area (Å²) in [6.07, 6.45) is 0. The highest BCUT2D eigenvalue weighted by atomic mass is 32.2. The summed E-state index contributed by atoms with van der Waals surface area (Å²) in [4.78, 5) is 0. The van der Waals surface area contributed by atoms with Gasteiger partial charge in [-0.2, -0.15) is 0 Å². The lowest BCUT2D eigenvalue weighted by molar-refractivity contribution is 0.477. The van der Waals surface area contributed by atoms with E-state index in [1.54, 1.807) is 6.07 Å². The Bertz CT molecular complexity index is 452. The quantitative estimate of drug-likeness (QED) is 0.833. The van der Waals surface area contributed by atoms with Crippen LogP contribution < -0.4 is 10.0 Å². The summed E-state index contributed by atoms with van der Waals surface area (Å²) in [6, 6.07) is 1.66. The number of thiophene rings is 1. The van der Waals surface area contributed by atoms with E-state index in [0.717, 1.165) is 5.56 Å². The zero-order chi connectivity index (χ0) is 13.1. The van der Waals surface area contributed by atoms with Gasteiger partial charge in [0.1, 0.15) is 4.21 Å². The standard InChI is InChI=1S/C11H20N2O2S2/c1-8(2)9(3)13-17(14,15)11-5-10(6-12-4)7-16-11/h5,7-9,12-13H,6H2,1-4H3. The third-order valence-corrected chi connectivity index (χ3v) is 5.66. The van der Waals surface area contributed by atoms with E-state index in [1.807, 2.05) is 33.2 Å². The zero-order valence-corrected chi connectivity index (χ0v) is 12.3. The topological polar surface area (TPSA) is 58.2 Å². The average Bonchev–Trinajstić information content (AvgIpc) is 2.66. The van der Waals surface area contributed by atoms with Gasteiger partial charge in [0.2, 0.25) is 10.0 Å². The lowest BCUT2D eigenvalue weighted by atomic mass is 10.1.